The van der Waals surface area contributed by atoms with Crippen LogP contribution in [0.1, 0.15) is 39.2 Å². The van der Waals surface area contributed by atoms with Gasteiger partial charge in [0.1, 0.15) is 12.1 Å². The van der Waals surface area contributed by atoms with Crippen molar-refractivity contribution in [2.75, 3.05) is 11.9 Å². The third-order valence-electron chi connectivity index (χ3n) is 3.69. The Balaban J connectivity index is 2.11. The number of aryl methyl sites for hydroxylation is 1. The molecule has 0 saturated heterocycles. The minimum absolute atomic E-state index is 0.486. The molecule has 1 atom stereocenters. The first-order chi connectivity index (χ1) is 9.87. The van der Waals surface area contributed by atoms with Gasteiger partial charge in [0.25, 0.3) is 0 Å². The van der Waals surface area contributed by atoms with Gasteiger partial charge in [-0.05, 0) is 44.7 Å². The number of hydrogen-bond donors (Lipinski definition) is 2. The van der Waals surface area contributed by atoms with E-state index in [0.29, 0.717) is 12.5 Å². The lowest BCUT2D eigenvalue weighted by Gasteiger charge is -2.25. The molecule has 4 nitrogen and oxygen atoms in total. The largest absolute Gasteiger partial charge is 0.388 e. The van der Waals surface area contributed by atoms with Crippen LogP contribution in [-0.4, -0.2) is 27.2 Å². The second-order valence-corrected chi connectivity index (χ2v) is 6.53. The van der Waals surface area contributed by atoms with Crippen molar-refractivity contribution in [3.05, 3.63) is 30.1 Å². The van der Waals surface area contributed by atoms with Crippen molar-refractivity contribution < 1.29 is 5.11 Å². The maximum atomic E-state index is 10.4. The Hall–Kier alpha value is -1.68. The normalized spacial score (nSPS) is 14.4. The first-order valence-corrected chi connectivity index (χ1v) is 7.55. The smallest absolute Gasteiger partial charge is 0.137 e. The van der Waals surface area contributed by atoms with Gasteiger partial charge in [0, 0.05) is 11.9 Å². The Labute approximate surface area is 126 Å². The molecule has 0 saturated carbocycles. The predicted octanol–water partition coefficient (Wildman–Crippen LogP) is 3.54. The van der Waals surface area contributed by atoms with Crippen LogP contribution in [0.25, 0.3) is 10.9 Å². The number of benzene rings is 1. The third-order valence-corrected chi connectivity index (χ3v) is 3.69. The summed E-state index contributed by atoms with van der Waals surface area (Å²) >= 11 is 0. The number of nitrogens with zero attached hydrogens (tertiary/aromatic N) is 2. The molecule has 0 fully saturated rings. The minimum atomic E-state index is -0.731. The summed E-state index contributed by atoms with van der Waals surface area (Å²) in [6, 6.07) is 6.10. The van der Waals surface area contributed by atoms with Crippen LogP contribution in [-0.2, 0) is 0 Å². The van der Waals surface area contributed by atoms with Crippen molar-refractivity contribution in [1.82, 2.24) is 9.97 Å². The van der Waals surface area contributed by atoms with Crippen molar-refractivity contribution >= 4 is 16.7 Å². The Morgan fingerprint density at radius 3 is 2.76 bits per heavy atom. The van der Waals surface area contributed by atoms with Crippen molar-refractivity contribution in [3.63, 3.8) is 0 Å². The molecule has 1 unspecified atom stereocenters. The Morgan fingerprint density at radius 2 is 2.05 bits per heavy atom. The fraction of sp³-hybridized carbons (Fsp3) is 0.529. The third kappa shape index (κ3) is 4.39. The SMILES string of the molecule is Cc1ccc2ncnc(NCC(C)(O)CCC(C)C)c2c1. The Morgan fingerprint density at radius 1 is 1.29 bits per heavy atom. The average Bonchev–Trinajstić information content (AvgIpc) is 2.43. The van der Waals surface area contributed by atoms with Gasteiger partial charge in [-0.3, -0.25) is 0 Å². The van der Waals surface area contributed by atoms with Crippen molar-refractivity contribution in [3.8, 4) is 0 Å². The van der Waals surface area contributed by atoms with E-state index in [0.717, 1.165) is 29.6 Å². The fourth-order valence-electron chi connectivity index (χ4n) is 2.27. The van der Waals surface area contributed by atoms with Crippen molar-refractivity contribution in [1.29, 1.82) is 0 Å². The molecular formula is C17H25N3O. The molecule has 0 aliphatic heterocycles. The van der Waals surface area contributed by atoms with E-state index in [9.17, 15) is 5.11 Å². The topological polar surface area (TPSA) is 58.0 Å². The quantitative estimate of drug-likeness (QED) is 0.853. The molecule has 1 aromatic heterocycles. The molecule has 114 valence electrons. The zero-order valence-corrected chi connectivity index (χ0v) is 13.3. The highest BCUT2D eigenvalue weighted by molar-refractivity contribution is 5.89. The summed E-state index contributed by atoms with van der Waals surface area (Å²) in [7, 11) is 0. The maximum absolute atomic E-state index is 10.4. The number of nitrogens with one attached hydrogen (secondary N) is 1. The molecule has 2 N–H and O–H groups in total. The molecule has 1 heterocycles. The van der Waals surface area contributed by atoms with Crippen LogP contribution in [0.4, 0.5) is 5.82 Å². The van der Waals surface area contributed by atoms with Crippen LogP contribution in [0.3, 0.4) is 0 Å². The molecule has 4 heteroatoms. The van der Waals surface area contributed by atoms with E-state index in [2.05, 4.69) is 42.1 Å². The molecule has 0 bridgehead atoms. The first-order valence-electron chi connectivity index (χ1n) is 7.55. The second kappa shape index (κ2) is 6.39. The van der Waals surface area contributed by atoms with Crippen LogP contribution in [0.2, 0.25) is 0 Å². The van der Waals surface area contributed by atoms with E-state index in [1.54, 1.807) is 6.33 Å². The molecule has 1 aromatic carbocycles. The Bertz CT molecular complexity index is 608. The zero-order chi connectivity index (χ0) is 15.5. The van der Waals surface area contributed by atoms with Gasteiger partial charge < -0.3 is 10.4 Å². The summed E-state index contributed by atoms with van der Waals surface area (Å²) in [5.41, 5.74) is 1.36. The summed E-state index contributed by atoms with van der Waals surface area (Å²) in [5, 5.41) is 14.7. The molecule has 0 amide bonds. The van der Waals surface area contributed by atoms with Gasteiger partial charge in [-0.15, -0.1) is 0 Å². The lowest BCUT2D eigenvalue weighted by molar-refractivity contribution is 0.0586. The standard InChI is InChI=1S/C17H25N3O/c1-12(2)7-8-17(4,21)10-18-16-14-9-13(3)5-6-15(14)19-11-20-16/h5-6,9,11-12,21H,7-8,10H2,1-4H3,(H,18,19,20). The van der Waals surface area contributed by atoms with E-state index < -0.39 is 5.60 Å². The Kier molecular flexibility index (Phi) is 4.78. The van der Waals surface area contributed by atoms with E-state index >= 15 is 0 Å². The number of rotatable bonds is 6. The lowest BCUT2D eigenvalue weighted by Crippen LogP contribution is -2.34. The minimum Gasteiger partial charge on any atom is -0.388 e. The van der Waals surface area contributed by atoms with Crippen LogP contribution in [0, 0.1) is 12.8 Å². The van der Waals surface area contributed by atoms with Gasteiger partial charge in [-0.1, -0.05) is 25.5 Å². The van der Waals surface area contributed by atoms with E-state index in [4.69, 9.17) is 0 Å². The second-order valence-electron chi connectivity index (χ2n) is 6.53. The summed E-state index contributed by atoms with van der Waals surface area (Å²) in [6.45, 7) is 8.75. The van der Waals surface area contributed by atoms with Crippen LogP contribution in [0.15, 0.2) is 24.5 Å². The molecule has 21 heavy (non-hydrogen) atoms. The van der Waals surface area contributed by atoms with Crippen LogP contribution < -0.4 is 5.32 Å². The van der Waals surface area contributed by atoms with Gasteiger partial charge >= 0.3 is 0 Å². The molecule has 2 rings (SSSR count). The van der Waals surface area contributed by atoms with Crippen LogP contribution >= 0.6 is 0 Å². The van der Waals surface area contributed by atoms with E-state index in [1.807, 2.05) is 19.1 Å². The number of fused-ring (bicyclic) bond motifs is 1. The molecule has 0 aliphatic carbocycles. The van der Waals surface area contributed by atoms with Gasteiger partial charge in [0.05, 0.1) is 11.1 Å². The molecule has 0 aliphatic rings. The highest BCUT2D eigenvalue weighted by atomic mass is 16.3. The van der Waals surface area contributed by atoms with E-state index in [-0.39, 0.29) is 0 Å². The lowest BCUT2D eigenvalue weighted by atomic mass is 9.95. The average molecular weight is 287 g/mol. The number of aliphatic hydroxyl groups is 1. The zero-order valence-electron chi connectivity index (χ0n) is 13.3. The van der Waals surface area contributed by atoms with E-state index in [1.165, 1.54) is 5.56 Å². The summed E-state index contributed by atoms with van der Waals surface area (Å²) in [5.74, 6) is 1.38. The highest BCUT2D eigenvalue weighted by Crippen LogP contribution is 2.22. The van der Waals surface area contributed by atoms with Crippen LogP contribution in [0.5, 0.6) is 0 Å². The molecule has 0 radical (unpaired) electrons. The molecule has 2 aromatic rings. The van der Waals surface area contributed by atoms with Gasteiger partial charge in [-0.25, -0.2) is 9.97 Å². The first kappa shape index (κ1) is 15.7. The van der Waals surface area contributed by atoms with Crippen molar-refractivity contribution in [2.45, 2.75) is 46.1 Å². The maximum Gasteiger partial charge on any atom is 0.137 e. The number of anilines is 1. The summed E-state index contributed by atoms with van der Waals surface area (Å²) in [6.07, 6.45) is 3.35. The van der Waals surface area contributed by atoms with Gasteiger partial charge in [0.15, 0.2) is 0 Å². The fourth-order valence-corrected chi connectivity index (χ4v) is 2.27. The predicted molar refractivity (Wildman–Crippen MR) is 87.5 cm³/mol. The monoisotopic (exact) mass is 287 g/mol. The van der Waals surface area contributed by atoms with Gasteiger partial charge in [-0.2, -0.15) is 0 Å². The molecule has 0 spiro atoms. The highest BCUT2D eigenvalue weighted by Gasteiger charge is 2.20. The van der Waals surface area contributed by atoms with Crippen molar-refractivity contribution in [2.24, 2.45) is 5.92 Å². The summed E-state index contributed by atoms with van der Waals surface area (Å²) in [4.78, 5) is 8.59. The van der Waals surface area contributed by atoms with Gasteiger partial charge in [0.2, 0.25) is 0 Å². The summed E-state index contributed by atoms with van der Waals surface area (Å²) < 4.78 is 0. The molecular weight excluding hydrogens is 262 g/mol. The number of aromatic nitrogens is 2. The number of hydrogen-bond acceptors (Lipinski definition) is 4.